The van der Waals surface area contributed by atoms with E-state index in [1.807, 2.05) is 30.3 Å². The number of hydrogen-bond acceptors (Lipinski definition) is 7. The summed E-state index contributed by atoms with van der Waals surface area (Å²) in [7, 11) is 1.63. The predicted molar refractivity (Wildman–Crippen MR) is 129 cm³/mol. The molecule has 0 bridgehead atoms. The van der Waals surface area contributed by atoms with E-state index in [0.29, 0.717) is 17.0 Å². The first-order chi connectivity index (χ1) is 15.9. The predicted octanol–water partition coefficient (Wildman–Crippen LogP) is 4.89. The van der Waals surface area contributed by atoms with Crippen LogP contribution in [0.25, 0.3) is 22.4 Å². The fourth-order valence-electron chi connectivity index (χ4n) is 3.55. The second kappa shape index (κ2) is 9.50. The highest BCUT2D eigenvalue weighted by molar-refractivity contribution is 7.98. The maximum Gasteiger partial charge on any atom is 0.336 e. The van der Waals surface area contributed by atoms with Crippen molar-refractivity contribution in [1.82, 2.24) is 14.8 Å². The fraction of sp³-hybridized carbons (Fsp3) is 0.250. The minimum Gasteiger partial charge on any atom is -0.497 e. The molecule has 1 N–H and O–H groups in total. The van der Waals surface area contributed by atoms with Gasteiger partial charge in [-0.15, -0.1) is 10.2 Å². The van der Waals surface area contributed by atoms with E-state index < -0.39 is 5.63 Å². The second-order valence-electron chi connectivity index (χ2n) is 7.77. The van der Waals surface area contributed by atoms with E-state index in [1.165, 1.54) is 24.8 Å². The third-order valence-electron chi connectivity index (χ3n) is 5.04. The van der Waals surface area contributed by atoms with Gasteiger partial charge in [0.1, 0.15) is 11.3 Å². The molecule has 0 radical (unpaired) electrons. The zero-order valence-electron chi connectivity index (χ0n) is 18.8. The Hall–Kier alpha value is -3.59. The number of carbonyl (C=O) groups excluding carboxylic acids is 1. The molecular weight excluding hydrogens is 440 g/mol. The van der Waals surface area contributed by atoms with Crippen molar-refractivity contribution in [2.45, 2.75) is 37.7 Å². The molecule has 8 nitrogen and oxygen atoms in total. The number of nitrogens with one attached hydrogen (secondary N) is 1. The molecule has 0 aliphatic rings. The minimum absolute atomic E-state index is 0.136. The van der Waals surface area contributed by atoms with E-state index in [2.05, 4.69) is 33.9 Å². The molecule has 2 aromatic carbocycles. The number of amides is 1. The van der Waals surface area contributed by atoms with Crippen molar-refractivity contribution < 1.29 is 13.9 Å². The fourth-order valence-corrected chi connectivity index (χ4v) is 4.61. The van der Waals surface area contributed by atoms with Crippen molar-refractivity contribution in [1.29, 1.82) is 0 Å². The van der Waals surface area contributed by atoms with Gasteiger partial charge in [0.15, 0.2) is 11.0 Å². The number of anilines is 1. The van der Waals surface area contributed by atoms with Gasteiger partial charge in [-0.25, -0.2) is 4.79 Å². The van der Waals surface area contributed by atoms with Gasteiger partial charge < -0.3 is 14.5 Å². The van der Waals surface area contributed by atoms with Crippen LogP contribution in [-0.2, 0) is 10.5 Å². The highest BCUT2D eigenvalue weighted by Crippen LogP contribution is 2.32. The molecule has 0 aliphatic heterocycles. The first kappa shape index (κ1) is 22.6. The van der Waals surface area contributed by atoms with Crippen LogP contribution in [0.3, 0.4) is 0 Å². The summed E-state index contributed by atoms with van der Waals surface area (Å²) in [5, 5.41) is 13.1. The summed E-state index contributed by atoms with van der Waals surface area (Å²) in [5.41, 5.74) is 2.33. The highest BCUT2D eigenvalue weighted by atomic mass is 32.2. The van der Waals surface area contributed by atoms with Crippen LogP contribution in [-0.4, -0.2) is 27.8 Å². The van der Waals surface area contributed by atoms with Gasteiger partial charge in [0.25, 0.3) is 0 Å². The number of benzene rings is 2. The summed E-state index contributed by atoms with van der Waals surface area (Å²) in [4.78, 5) is 23.5. The van der Waals surface area contributed by atoms with Crippen molar-refractivity contribution in [2.75, 3.05) is 12.4 Å². The Morgan fingerprint density at radius 3 is 2.58 bits per heavy atom. The molecule has 33 heavy (non-hydrogen) atoms. The monoisotopic (exact) mass is 464 g/mol. The van der Waals surface area contributed by atoms with E-state index in [0.717, 1.165) is 33.2 Å². The molecule has 2 aromatic heterocycles. The summed E-state index contributed by atoms with van der Waals surface area (Å²) < 4.78 is 12.7. The van der Waals surface area contributed by atoms with Crippen molar-refractivity contribution in [2.24, 2.45) is 0 Å². The smallest absolute Gasteiger partial charge is 0.336 e. The number of carbonyl (C=O) groups is 1. The normalized spacial score (nSPS) is 11.2. The van der Waals surface area contributed by atoms with Gasteiger partial charge in [-0.2, -0.15) is 0 Å². The van der Waals surface area contributed by atoms with Crippen LogP contribution in [0.2, 0.25) is 0 Å². The maximum atomic E-state index is 12.2. The summed E-state index contributed by atoms with van der Waals surface area (Å²) in [6.45, 7) is 5.59. The standard InChI is InChI=1S/C24H24N4O4S/c1-14(2)28-23(16-5-8-19(31-4)9-6-16)26-27-24(28)33-13-17-11-22(30)32-21-12-18(25-15(3)29)7-10-20(17)21/h5-12,14H,13H2,1-4H3,(H,25,29). The van der Waals surface area contributed by atoms with E-state index in [4.69, 9.17) is 9.15 Å². The molecule has 4 rings (SSSR count). The first-order valence-corrected chi connectivity index (χ1v) is 11.4. The van der Waals surface area contributed by atoms with Crippen LogP contribution in [0.5, 0.6) is 5.75 Å². The van der Waals surface area contributed by atoms with Gasteiger partial charge in [0, 0.05) is 47.5 Å². The molecule has 9 heteroatoms. The van der Waals surface area contributed by atoms with Crippen LogP contribution in [0, 0.1) is 0 Å². The number of methoxy groups -OCH3 is 1. The summed E-state index contributed by atoms with van der Waals surface area (Å²) >= 11 is 1.50. The van der Waals surface area contributed by atoms with E-state index >= 15 is 0 Å². The van der Waals surface area contributed by atoms with Gasteiger partial charge in [0.2, 0.25) is 5.91 Å². The lowest BCUT2D eigenvalue weighted by molar-refractivity contribution is -0.114. The zero-order valence-corrected chi connectivity index (χ0v) is 19.6. The van der Waals surface area contributed by atoms with E-state index in [9.17, 15) is 9.59 Å². The van der Waals surface area contributed by atoms with Crippen molar-refractivity contribution in [3.05, 3.63) is 64.5 Å². The molecule has 170 valence electrons. The molecule has 0 aliphatic carbocycles. The first-order valence-electron chi connectivity index (χ1n) is 10.4. The summed E-state index contributed by atoms with van der Waals surface area (Å²) in [6, 6.07) is 14.6. The number of thioether (sulfide) groups is 1. The molecular formula is C24H24N4O4S. The van der Waals surface area contributed by atoms with Gasteiger partial charge in [-0.1, -0.05) is 11.8 Å². The minimum atomic E-state index is -0.442. The average molecular weight is 465 g/mol. The number of aromatic nitrogens is 3. The lowest BCUT2D eigenvalue weighted by Gasteiger charge is -2.14. The summed E-state index contributed by atoms with van der Waals surface area (Å²) in [5.74, 6) is 1.87. The lowest BCUT2D eigenvalue weighted by Crippen LogP contribution is -2.07. The van der Waals surface area contributed by atoms with E-state index in [1.54, 1.807) is 19.2 Å². The molecule has 2 heterocycles. The molecule has 0 fully saturated rings. The third kappa shape index (κ3) is 4.93. The average Bonchev–Trinajstić information content (AvgIpc) is 3.21. The number of fused-ring (bicyclic) bond motifs is 1. The molecule has 0 saturated carbocycles. The zero-order chi connectivity index (χ0) is 23.5. The Balaban J connectivity index is 1.64. The second-order valence-corrected chi connectivity index (χ2v) is 8.71. The molecule has 0 unspecified atom stereocenters. The van der Waals surface area contributed by atoms with Crippen LogP contribution in [0.15, 0.2) is 62.9 Å². The van der Waals surface area contributed by atoms with Crippen LogP contribution in [0.1, 0.15) is 32.4 Å². The maximum absolute atomic E-state index is 12.2. The molecule has 0 spiro atoms. The molecule has 0 atom stereocenters. The van der Waals surface area contributed by atoms with Gasteiger partial charge in [-0.05, 0) is 55.8 Å². The van der Waals surface area contributed by atoms with Crippen LogP contribution < -0.4 is 15.7 Å². The third-order valence-corrected chi connectivity index (χ3v) is 6.03. The van der Waals surface area contributed by atoms with Crippen molar-refractivity contribution in [3.63, 3.8) is 0 Å². The summed E-state index contributed by atoms with van der Waals surface area (Å²) in [6.07, 6.45) is 0. The highest BCUT2D eigenvalue weighted by Gasteiger charge is 2.18. The van der Waals surface area contributed by atoms with Gasteiger partial charge >= 0.3 is 5.63 Å². The van der Waals surface area contributed by atoms with Crippen LogP contribution in [0.4, 0.5) is 5.69 Å². The van der Waals surface area contributed by atoms with Crippen molar-refractivity contribution in [3.8, 4) is 17.1 Å². The Morgan fingerprint density at radius 2 is 1.91 bits per heavy atom. The SMILES string of the molecule is COc1ccc(-c2nnc(SCc3cc(=O)oc4cc(NC(C)=O)ccc34)n2C(C)C)cc1. The molecule has 1 amide bonds. The van der Waals surface area contributed by atoms with Gasteiger partial charge in [0.05, 0.1) is 7.11 Å². The number of hydrogen-bond donors (Lipinski definition) is 1. The Bertz CT molecular complexity index is 1360. The Kier molecular flexibility index (Phi) is 6.50. The molecule has 0 saturated heterocycles. The van der Waals surface area contributed by atoms with Crippen molar-refractivity contribution >= 4 is 34.3 Å². The van der Waals surface area contributed by atoms with Gasteiger partial charge in [-0.3, -0.25) is 9.36 Å². The topological polar surface area (TPSA) is 99.2 Å². The van der Waals surface area contributed by atoms with Crippen LogP contribution >= 0.6 is 11.8 Å². The quantitative estimate of drug-likeness (QED) is 0.307. The number of ether oxygens (including phenoxy) is 1. The number of nitrogens with zero attached hydrogens (tertiary/aromatic N) is 3. The number of rotatable bonds is 7. The Morgan fingerprint density at radius 1 is 1.15 bits per heavy atom. The Labute approximate surface area is 195 Å². The molecule has 4 aromatic rings. The lowest BCUT2D eigenvalue weighted by atomic mass is 10.1. The largest absolute Gasteiger partial charge is 0.497 e. The van der Waals surface area contributed by atoms with E-state index in [-0.39, 0.29) is 11.9 Å².